The Morgan fingerprint density at radius 2 is 2.08 bits per heavy atom. The predicted octanol–water partition coefficient (Wildman–Crippen LogP) is 3.33. The van der Waals surface area contributed by atoms with Gasteiger partial charge in [0, 0.05) is 29.9 Å². The van der Waals surface area contributed by atoms with Gasteiger partial charge in [-0.2, -0.15) is 5.10 Å². The van der Waals surface area contributed by atoms with Crippen LogP contribution in [0.5, 0.6) is 0 Å². The number of hydrogen-bond acceptors (Lipinski definition) is 6. The minimum Gasteiger partial charge on any atom is -0.459 e. The second kappa shape index (κ2) is 6.15. The number of hydrogen-bond donors (Lipinski definition) is 0. The number of likely N-dealkylation sites (tertiary alicyclic amines) is 1. The molecular formula is C18H23N5O2. The van der Waals surface area contributed by atoms with Crippen LogP contribution in [-0.4, -0.2) is 31.4 Å². The van der Waals surface area contributed by atoms with Crippen LogP contribution >= 0.6 is 0 Å². The third-order valence-electron chi connectivity index (χ3n) is 5.12. The summed E-state index contributed by atoms with van der Waals surface area (Å²) in [5.41, 5.74) is 4.67. The Bertz CT molecular complexity index is 891. The zero-order chi connectivity index (χ0) is 17.6. The predicted molar refractivity (Wildman–Crippen MR) is 91.8 cm³/mol. The highest BCUT2D eigenvalue weighted by Gasteiger charge is 2.31. The molecule has 0 amide bonds. The molecule has 4 heterocycles. The first-order chi connectivity index (χ1) is 12.0. The molecule has 0 N–H and O–H groups in total. The van der Waals surface area contributed by atoms with Crippen LogP contribution in [-0.2, 0) is 13.6 Å². The van der Waals surface area contributed by atoms with E-state index < -0.39 is 0 Å². The van der Waals surface area contributed by atoms with Crippen LogP contribution in [0.4, 0.5) is 0 Å². The Morgan fingerprint density at radius 1 is 1.24 bits per heavy atom. The first-order valence-electron chi connectivity index (χ1n) is 8.65. The maximum Gasteiger partial charge on any atom is 0.283 e. The molecule has 25 heavy (non-hydrogen) atoms. The Morgan fingerprint density at radius 3 is 2.76 bits per heavy atom. The van der Waals surface area contributed by atoms with Crippen LogP contribution in [0.15, 0.2) is 21.2 Å². The first-order valence-corrected chi connectivity index (χ1v) is 8.65. The van der Waals surface area contributed by atoms with Crippen molar-refractivity contribution in [2.75, 3.05) is 6.54 Å². The highest BCUT2D eigenvalue weighted by molar-refractivity contribution is 5.49. The van der Waals surface area contributed by atoms with Crippen LogP contribution in [0.25, 0.3) is 11.7 Å². The molecule has 0 unspecified atom stereocenters. The van der Waals surface area contributed by atoms with E-state index in [2.05, 4.69) is 34.0 Å². The molecule has 0 aromatic carbocycles. The molecule has 0 spiro atoms. The van der Waals surface area contributed by atoms with Gasteiger partial charge in [0.2, 0.25) is 5.89 Å². The van der Waals surface area contributed by atoms with E-state index in [1.807, 2.05) is 24.7 Å². The fourth-order valence-electron chi connectivity index (χ4n) is 3.79. The van der Waals surface area contributed by atoms with E-state index in [4.69, 9.17) is 8.83 Å². The first kappa shape index (κ1) is 16.1. The summed E-state index contributed by atoms with van der Waals surface area (Å²) >= 11 is 0. The van der Waals surface area contributed by atoms with Gasteiger partial charge in [-0.25, -0.2) is 0 Å². The second-order valence-corrected chi connectivity index (χ2v) is 6.77. The van der Waals surface area contributed by atoms with Crippen molar-refractivity contribution in [2.45, 2.75) is 46.2 Å². The lowest BCUT2D eigenvalue weighted by Gasteiger charge is -2.23. The minimum atomic E-state index is 0.356. The summed E-state index contributed by atoms with van der Waals surface area (Å²) < 4.78 is 13.2. The molecule has 7 nitrogen and oxygen atoms in total. The summed E-state index contributed by atoms with van der Waals surface area (Å²) in [6.07, 6.45) is 3.93. The normalized spacial score (nSPS) is 18.3. The molecule has 7 heteroatoms. The van der Waals surface area contributed by atoms with Crippen molar-refractivity contribution in [1.82, 2.24) is 24.9 Å². The SMILES string of the molecule is Cc1ccoc1-c1nnc(CN2CCC[C@@H]2c2c(C)nn(C)c2C)o1. The average Bonchev–Trinajstić information content (AvgIpc) is 3.32. The molecule has 1 fully saturated rings. The zero-order valence-corrected chi connectivity index (χ0v) is 15.1. The largest absolute Gasteiger partial charge is 0.459 e. The molecule has 1 atom stereocenters. The summed E-state index contributed by atoms with van der Waals surface area (Å²) in [6, 6.07) is 2.25. The summed E-state index contributed by atoms with van der Waals surface area (Å²) in [5, 5.41) is 12.9. The van der Waals surface area contributed by atoms with Gasteiger partial charge in [0.1, 0.15) is 0 Å². The van der Waals surface area contributed by atoms with Crippen molar-refractivity contribution >= 4 is 0 Å². The van der Waals surface area contributed by atoms with Crippen molar-refractivity contribution < 1.29 is 8.83 Å². The molecule has 0 radical (unpaired) electrons. The third kappa shape index (κ3) is 2.78. The summed E-state index contributed by atoms with van der Waals surface area (Å²) in [6.45, 7) is 7.86. The lowest BCUT2D eigenvalue weighted by Crippen LogP contribution is -2.23. The molecule has 1 saturated heterocycles. The maximum absolute atomic E-state index is 5.84. The van der Waals surface area contributed by atoms with Gasteiger partial charge in [-0.3, -0.25) is 9.58 Å². The van der Waals surface area contributed by atoms with Gasteiger partial charge in [0.15, 0.2) is 5.76 Å². The van der Waals surface area contributed by atoms with E-state index in [0.29, 0.717) is 30.1 Å². The summed E-state index contributed by atoms with van der Waals surface area (Å²) in [4.78, 5) is 2.41. The van der Waals surface area contributed by atoms with E-state index in [1.165, 1.54) is 11.3 Å². The Hall–Kier alpha value is -2.41. The van der Waals surface area contributed by atoms with E-state index in [9.17, 15) is 0 Å². The van der Waals surface area contributed by atoms with Gasteiger partial charge in [0.25, 0.3) is 5.89 Å². The van der Waals surface area contributed by atoms with Gasteiger partial charge in [0.05, 0.1) is 18.5 Å². The number of aromatic nitrogens is 4. The number of aryl methyl sites for hydroxylation is 3. The van der Waals surface area contributed by atoms with Gasteiger partial charge < -0.3 is 8.83 Å². The van der Waals surface area contributed by atoms with E-state index in [1.54, 1.807) is 6.26 Å². The fraction of sp³-hybridized carbons (Fsp3) is 0.500. The smallest absolute Gasteiger partial charge is 0.283 e. The number of furan rings is 1. The molecular weight excluding hydrogens is 318 g/mol. The molecule has 0 saturated carbocycles. The fourth-order valence-corrected chi connectivity index (χ4v) is 3.79. The molecule has 3 aromatic rings. The van der Waals surface area contributed by atoms with Crippen LogP contribution in [0.1, 0.15) is 47.3 Å². The van der Waals surface area contributed by atoms with Gasteiger partial charge in [-0.15, -0.1) is 10.2 Å². The highest BCUT2D eigenvalue weighted by atomic mass is 16.4. The quantitative estimate of drug-likeness (QED) is 0.725. The van der Waals surface area contributed by atoms with Gasteiger partial charge in [-0.1, -0.05) is 0 Å². The Balaban J connectivity index is 1.56. The topological polar surface area (TPSA) is 73.1 Å². The molecule has 0 aliphatic carbocycles. The van der Waals surface area contributed by atoms with Crippen molar-refractivity contribution in [2.24, 2.45) is 7.05 Å². The number of nitrogens with zero attached hydrogens (tertiary/aromatic N) is 5. The standard InChI is InChI=1S/C18H23N5O2/c1-11-7-9-24-17(11)18-20-19-15(25-18)10-23-8-5-6-14(23)16-12(2)21-22(4)13(16)3/h7,9,14H,5-6,8,10H2,1-4H3/t14-/m1/s1. The molecule has 0 bridgehead atoms. The number of rotatable bonds is 4. The highest BCUT2D eigenvalue weighted by Crippen LogP contribution is 2.36. The molecule has 4 rings (SSSR count). The average molecular weight is 341 g/mol. The maximum atomic E-state index is 5.84. The third-order valence-corrected chi connectivity index (χ3v) is 5.12. The second-order valence-electron chi connectivity index (χ2n) is 6.77. The van der Waals surface area contributed by atoms with Crippen molar-refractivity contribution in [1.29, 1.82) is 0 Å². The van der Waals surface area contributed by atoms with E-state index in [-0.39, 0.29) is 0 Å². The molecule has 132 valence electrons. The lowest BCUT2D eigenvalue weighted by atomic mass is 10.0. The summed E-state index contributed by atoms with van der Waals surface area (Å²) in [5.74, 6) is 1.72. The van der Waals surface area contributed by atoms with Crippen molar-refractivity contribution in [3.8, 4) is 11.7 Å². The molecule has 3 aromatic heterocycles. The van der Waals surface area contributed by atoms with E-state index >= 15 is 0 Å². The van der Waals surface area contributed by atoms with Crippen molar-refractivity contribution in [3.63, 3.8) is 0 Å². The van der Waals surface area contributed by atoms with Crippen molar-refractivity contribution in [3.05, 3.63) is 40.7 Å². The molecule has 1 aliphatic rings. The van der Waals surface area contributed by atoms with Crippen LogP contribution < -0.4 is 0 Å². The van der Waals surface area contributed by atoms with Crippen LogP contribution in [0.2, 0.25) is 0 Å². The lowest BCUT2D eigenvalue weighted by molar-refractivity contribution is 0.223. The van der Waals surface area contributed by atoms with Gasteiger partial charge in [-0.05, 0) is 46.2 Å². The zero-order valence-electron chi connectivity index (χ0n) is 15.1. The minimum absolute atomic E-state index is 0.356. The Kier molecular flexibility index (Phi) is 3.95. The van der Waals surface area contributed by atoms with E-state index in [0.717, 1.165) is 30.6 Å². The monoisotopic (exact) mass is 341 g/mol. The Labute approximate surface area is 146 Å². The molecule has 1 aliphatic heterocycles. The van der Waals surface area contributed by atoms with Crippen LogP contribution in [0.3, 0.4) is 0 Å². The van der Waals surface area contributed by atoms with Crippen LogP contribution in [0, 0.1) is 20.8 Å². The van der Waals surface area contributed by atoms with Gasteiger partial charge >= 0.3 is 0 Å². The summed E-state index contributed by atoms with van der Waals surface area (Å²) in [7, 11) is 2.00.